The number of rotatable bonds is 7. The molecule has 2 N–H and O–H groups in total. The second-order valence-corrected chi connectivity index (χ2v) is 6.95. The number of nitrogens with one attached hydrogen (secondary N) is 2. The van der Waals surface area contributed by atoms with Crippen molar-refractivity contribution >= 4 is 29.1 Å². The highest BCUT2D eigenvalue weighted by Gasteiger charge is 2.24. The highest BCUT2D eigenvalue weighted by Crippen LogP contribution is 2.22. The molecule has 1 aromatic carbocycles. The molecule has 10 heteroatoms. The van der Waals surface area contributed by atoms with Crippen molar-refractivity contribution in [2.45, 2.75) is 20.8 Å². The summed E-state index contributed by atoms with van der Waals surface area (Å²) >= 11 is 0. The molecule has 0 unspecified atom stereocenters. The van der Waals surface area contributed by atoms with E-state index in [9.17, 15) is 14.4 Å². The van der Waals surface area contributed by atoms with Gasteiger partial charge in [0.15, 0.2) is 5.69 Å². The first kappa shape index (κ1) is 21.8. The summed E-state index contributed by atoms with van der Waals surface area (Å²) in [5, 5.41) is 9.47. The van der Waals surface area contributed by atoms with E-state index in [0.29, 0.717) is 35.1 Å². The number of likely N-dealkylation sites (N-methyl/N-ethyl adjacent to an activating group) is 1. The second-order valence-electron chi connectivity index (χ2n) is 6.95. The topological polar surface area (TPSA) is 122 Å². The molecular weight excluding hydrogens is 400 g/mol. The molecule has 3 amide bonds. The van der Waals surface area contributed by atoms with Crippen LogP contribution in [0.4, 0.5) is 11.4 Å². The fourth-order valence-corrected chi connectivity index (χ4v) is 2.94. The lowest BCUT2D eigenvalue weighted by molar-refractivity contribution is -0.117. The van der Waals surface area contributed by atoms with E-state index < -0.39 is 5.91 Å². The van der Waals surface area contributed by atoms with Crippen LogP contribution in [0.3, 0.4) is 0 Å². The number of anilines is 2. The summed E-state index contributed by atoms with van der Waals surface area (Å²) in [4.78, 5) is 42.2. The number of carbonyl (C=O) groups excluding carboxylic acids is 3. The molecule has 0 aliphatic heterocycles. The molecule has 3 aromatic rings. The van der Waals surface area contributed by atoms with Crippen molar-refractivity contribution in [2.75, 3.05) is 23.7 Å². The molecule has 0 atom stereocenters. The van der Waals surface area contributed by atoms with Gasteiger partial charge in [0.25, 0.3) is 5.91 Å². The maximum atomic E-state index is 12.9. The molecule has 31 heavy (non-hydrogen) atoms. The van der Waals surface area contributed by atoms with Crippen molar-refractivity contribution in [2.24, 2.45) is 7.05 Å². The lowest BCUT2D eigenvalue weighted by atomic mass is 10.2. The molecule has 2 heterocycles. The summed E-state index contributed by atoms with van der Waals surface area (Å²) < 4.78 is 7.24. The molecule has 162 valence electrons. The maximum Gasteiger partial charge on any atom is 0.276 e. The Hall–Kier alpha value is -3.95. The van der Waals surface area contributed by atoms with E-state index in [1.165, 1.54) is 11.8 Å². The van der Waals surface area contributed by atoms with Gasteiger partial charge < -0.3 is 20.0 Å². The number of aryl methyl sites for hydroxylation is 2. The van der Waals surface area contributed by atoms with E-state index in [1.54, 1.807) is 62.2 Å². The van der Waals surface area contributed by atoms with E-state index in [2.05, 4.69) is 20.7 Å². The zero-order valence-corrected chi connectivity index (χ0v) is 17.8. The van der Waals surface area contributed by atoms with Crippen LogP contribution in [0, 0.1) is 6.92 Å². The van der Waals surface area contributed by atoms with Crippen molar-refractivity contribution in [3.63, 3.8) is 0 Å². The molecule has 10 nitrogen and oxygen atoms in total. The predicted octanol–water partition coefficient (Wildman–Crippen LogP) is 2.44. The van der Waals surface area contributed by atoms with Crippen LogP contribution in [0.25, 0.3) is 11.5 Å². The minimum Gasteiger partial charge on any atom is -0.440 e. The molecule has 2 aromatic heterocycles. The van der Waals surface area contributed by atoms with Crippen molar-refractivity contribution in [3.05, 3.63) is 48.1 Å². The summed E-state index contributed by atoms with van der Waals surface area (Å²) in [6, 6.07) is 6.70. The third-order valence-electron chi connectivity index (χ3n) is 4.44. The Morgan fingerprint density at radius 1 is 1.13 bits per heavy atom. The monoisotopic (exact) mass is 424 g/mol. The number of amides is 3. The standard InChI is InChI=1S/C21H24N6O4/c1-5-27(12-18(29)24-17-8-6-16(7-9-17)23-14(3)28)21(30)19-13(2)31-20(25-19)15-10-22-26(4)11-15/h6-11H,5,12H2,1-4H3,(H,23,28)(H,24,29). The number of hydrogen-bond donors (Lipinski definition) is 2. The van der Waals surface area contributed by atoms with Crippen molar-refractivity contribution in [1.82, 2.24) is 19.7 Å². The Morgan fingerprint density at radius 2 is 1.77 bits per heavy atom. The molecule has 3 rings (SSSR count). The summed E-state index contributed by atoms with van der Waals surface area (Å²) in [5.41, 5.74) is 2.00. The second kappa shape index (κ2) is 9.24. The van der Waals surface area contributed by atoms with E-state index in [-0.39, 0.29) is 24.1 Å². The van der Waals surface area contributed by atoms with Crippen LogP contribution in [0.15, 0.2) is 41.1 Å². The van der Waals surface area contributed by atoms with Crippen LogP contribution in [-0.4, -0.2) is 50.5 Å². The minimum atomic E-state index is -0.393. The summed E-state index contributed by atoms with van der Waals surface area (Å²) in [5.74, 6) is -0.250. The first-order chi connectivity index (χ1) is 14.8. The zero-order valence-electron chi connectivity index (χ0n) is 17.8. The fraction of sp³-hybridized carbons (Fsp3) is 0.286. The Labute approximate surface area is 179 Å². The Bertz CT molecular complexity index is 1100. The average Bonchev–Trinajstić information content (AvgIpc) is 3.32. The van der Waals surface area contributed by atoms with Gasteiger partial charge in [-0.15, -0.1) is 0 Å². The molecule has 0 spiro atoms. The first-order valence-corrected chi connectivity index (χ1v) is 9.70. The molecular formula is C21H24N6O4. The number of carbonyl (C=O) groups is 3. The van der Waals surface area contributed by atoms with Gasteiger partial charge in [0.1, 0.15) is 12.3 Å². The summed E-state index contributed by atoms with van der Waals surface area (Å²) in [6.07, 6.45) is 3.34. The maximum absolute atomic E-state index is 12.9. The van der Waals surface area contributed by atoms with E-state index in [0.717, 1.165) is 0 Å². The average molecular weight is 424 g/mol. The summed E-state index contributed by atoms with van der Waals surface area (Å²) in [6.45, 7) is 5.04. The van der Waals surface area contributed by atoms with Crippen molar-refractivity contribution < 1.29 is 18.8 Å². The van der Waals surface area contributed by atoms with Gasteiger partial charge in [0.05, 0.1) is 11.8 Å². The van der Waals surface area contributed by atoms with Gasteiger partial charge in [0.2, 0.25) is 17.7 Å². The molecule has 0 saturated heterocycles. The minimum absolute atomic E-state index is 0.142. The number of hydrogen-bond acceptors (Lipinski definition) is 6. The van der Waals surface area contributed by atoms with Crippen LogP contribution < -0.4 is 10.6 Å². The number of benzene rings is 1. The third kappa shape index (κ3) is 5.35. The van der Waals surface area contributed by atoms with Crippen molar-refractivity contribution in [1.29, 1.82) is 0 Å². The fourth-order valence-electron chi connectivity index (χ4n) is 2.94. The highest BCUT2D eigenvalue weighted by molar-refractivity contribution is 5.99. The lowest BCUT2D eigenvalue weighted by Crippen LogP contribution is -2.38. The predicted molar refractivity (Wildman–Crippen MR) is 114 cm³/mol. The van der Waals surface area contributed by atoms with Gasteiger partial charge in [-0.2, -0.15) is 5.10 Å². The normalized spacial score (nSPS) is 10.6. The lowest BCUT2D eigenvalue weighted by Gasteiger charge is -2.19. The van der Waals surface area contributed by atoms with E-state index >= 15 is 0 Å². The van der Waals surface area contributed by atoms with Gasteiger partial charge in [-0.05, 0) is 38.1 Å². The SMILES string of the molecule is CCN(CC(=O)Nc1ccc(NC(C)=O)cc1)C(=O)c1nc(-c2cnn(C)c2)oc1C. The molecule has 0 aliphatic carbocycles. The zero-order chi connectivity index (χ0) is 22.5. The molecule has 0 fully saturated rings. The third-order valence-corrected chi connectivity index (χ3v) is 4.44. The first-order valence-electron chi connectivity index (χ1n) is 9.70. The van der Waals surface area contributed by atoms with Crippen LogP contribution in [-0.2, 0) is 16.6 Å². The quantitative estimate of drug-likeness (QED) is 0.601. The van der Waals surface area contributed by atoms with E-state index in [1.807, 2.05) is 0 Å². The van der Waals surface area contributed by atoms with Gasteiger partial charge >= 0.3 is 0 Å². The van der Waals surface area contributed by atoms with Crippen LogP contribution in [0.2, 0.25) is 0 Å². The molecule has 0 bridgehead atoms. The van der Waals surface area contributed by atoms with Gasteiger partial charge in [-0.25, -0.2) is 4.98 Å². The Balaban J connectivity index is 1.66. The Kier molecular flexibility index (Phi) is 6.49. The molecule has 0 aliphatic rings. The number of aromatic nitrogens is 3. The van der Waals surface area contributed by atoms with Crippen LogP contribution in [0.5, 0.6) is 0 Å². The smallest absolute Gasteiger partial charge is 0.276 e. The number of oxazole rings is 1. The van der Waals surface area contributed by atoms with Crippen LogP contribution >= 0.6 is 0 Å². The van der Waals surface area contributed by atoms with Crippen LogP contribution in [0.1, 0.15) is 30.1 Å². The largest absolute Gasteiger partial charge is 0.440 e. The summed E-state index contributed by atoms with van der Waals surface area (Å²) in [7, 11) is 1.77. The van der Waals surface area contributed by atoms with Crippen molar-refractivity contribution in [3.8, 4) is 11.5 Å². The van der Waals surface area contributed by atoms with E-state index in [4.69, 9.17) is 4.42 Å². The highest BCUT2D eigenvalue weighted by atomic mass is 16.4. The van der Waals surface area contributed by atoms with Gasteiger partial charge in [-0.1, -0.05) is 0 Å². The number of nitrogens with zero attached hydrogens (tertiary/aromatic N) is 4. The van der Waals surface area contributed by atoms with Gasteiger partial charge in [-0.3, -0.25) is 19.1 Å². The molecule has 0 radical (unpaired) electrons. The Morgan fingerprint density at radius 3 is 2.32 bits per heavy atom. The molecule has 0 saturated carbocycles. The van der Waals surface area contributed by atoms with Gasteiger partial charge in [0, 0.05) is 38.1 Å².